The minimum absolute atomic E-state index is 0.00715. The average Bonchev–Trinajstić information content (AvgIpc) is 3.37. The SMILES string of the molecule is CCCCC/C=C\C/C=C\CCCCCCCCCC(=O)OCCCCCCCCCCCCCCCCCCCCCCCCCC(=O)NC(CO)C(O)CCCCCCCCCCCCCCCC. The highest BCUT2D eigenvalue weighted by Crippen LogP contribution is 2.18. The number of rotatable bonds is 60. The van der Waals surface area contributed by atoms with Crippen molar-refractivity contribution < 1.29 is 24.5 Å². The first kappa shape index (κ1) is 69.3. The Morgan fingerprint density at radius 2 is 0.704 bits per heavy atom. The average molecular weight is 1000 g/mol. The highest BCUT2D eigenvalue weighted by molar-refractivity contribution is 5.76. The van der Waals surface area contributed by atoms with Gasteiger partial charge in [-0.2, -0.15) is 0 Å². The van der Waals surface area contributed by atoms with Crippen LogP contribution in [0, 0.1) is 0 Å². The third-order valence-electron chi connectivity index (χ3n) is 15.0. The van der Waals surface area contributed by atoms with Crippen LogP contribution in [0.4, 0.5) is 0 Å². The van der Waals surface area contributed by atoms with Crippen molar-refractivity contribution in [2.24, 2.45) is 0 Å². The molecule has 6 heteroatoms. The van der Waals surface area contributed by atoms with Crippen LogP contribution < -0.4 is 5.32 Å². The number of carbonyl (C=O) groups is 2. The normalized spacial score (nSPS) is 12.7. The maximum absolute atomic E-state index is 12.5. The molecule has 420 valence electrons. The van der Waals surface area contributed by atoms with Gasteiger partial charge in [-0.1, -0.05) is 308 Å². The Balaban J connectivity index is 3.36. The lowest BCUT2D eigenvalue weighted by Gasteiger charge is -2.22. The summed E-state index contributed by atoms with van der Waals surface area (Å²) >= 11 is 0. The van der Waals surface area contributed by atoms with Gasteiger partial charge in [0, 0.05) is 12.8 Å². The quantitative estimate of drug-likeness (QED) is 0.0320. The first-order valence-electron chi connectivity index (χ1n) is 32.1. The van der Waals surface area contributed by atoms with E-state index in [9.17, 15) is 19.8 Å². The van der Waals surface area contributed by atoms with E-state index in [1.165, 1.54) is 270 Å². The van der Waals surface area contributed by atoms with Crippen molar-refractivity contribution in [2.75, 3.05) is 13.2 Å². The molecule has 0 saturated carbocycles. The molecule has 71 heavy (non-hydrogen) atoms. The number of aliphatic hydroxyl groups is 2. The Bertz CT molecular complexity index is 1110. The molecule has 0 aromatic carbocycles. The van der Waals surface area contributed by atoms with Crippen molar-refractivity contribution in [1.29, 1.82) is 0 Å². The molecule has 0 aromatic heterocycles. The van der Waals surface area contributed by atoms with Gasteiger partial charge < -0.3 is 20.3 Å². The van der Waals surface area contributed by atoms with E-state index in [4.69, 9.17) is 4.74 Å². The van der Waals surface area contributed by atoms with E-state index >= 15 is 0 Å². The fraction of sp³-hybridized carbons (Fsp3) is 0.908. The first-order chi connectivity index (χ1) is 35.0. The topological polar surface area (TPSA) is 95.9 Å². The molecule has 0 rings (SSSR count). The molecular weight excluding hydrogens is 875 g/mol. The number of hydrogen-bond donors (Lipinski definition) is 3. The molecule has 0 spiro atoms. The second kappa shape index (κ2) is 60.9. The van der Waals surface area contributed by atoms with Gasteiger partial charge in [-0.15, -0.1) is 0 Å². The van der Waals surface area contributed by atoms with Crippen molar-refractivity contribution in [3.8, 4) is 0 Å². The minimum atomic E-state index is -0.663. The number of carbonyl (C=O) groups excluding carboxylic acids is 2. The van der Waals surface area contributed by atoms with Crippen molar-refractivity contribution in [3.63, 3.8) is 0 Å². The number of ether oxygens (including phenoxy) is 1. The van der Waals surface area contributed by atoms with Crippen molar-refractivity contribution in [1.82, 2.24) is 5.32 Å². The van der Waals surface area contributed by atoms with Crippen LogP contribution in [-0.2, 0) is 14.3 Å². The summed E-state index contributed by atoms with van der Waals surface area (Å²) in [5.74, 6) is -0.0255. The molecule has 0 heterocycles. The number of nitrogens with one attached hydrogen (secondary N) is 1. The van der Waals surface area contributed by atoms with Crippen LogP contribution in [0.5, 0.6) is 0 Å². The predicted octanol–water partition coefficient (Wildman–Crippen LogP) is 20.2. The molecule has 0 aliphatic rings. The maximum atomic E-state index is 12.5. The zero-order valence-corrected chi connectivity index (χ0v) is 48.0. The molecule has 1 amide bonds. The fourth-order valence-electron chi connectivity index (χ4n) is 10.1. The lowest BCUT2D eigenvalue weighted by atomic mass is 10.0. The molecule has 2 atom stereocenters. The minimum Gasteiger partial charge on any atom is -0.466 e. The van der Waals surface area contributed by atoms with Gasteiger partial charge in [-0.05, 0) is 57.8 Å². The lowest BCUT2D eigenvalue weighted by molar-refractivity contribution is -0.143. The van der Waals surface area contributed by atoms with Crippen LogP contribution >= 0.6 is 0 Å². The number of allylic oxidation sites excluding steroid dienone is 4. The van der Waals surface area contributed by atoms with Gasteiger partial charge in [-0.25, -0.2) is 0 Å². The molecule has 0 fully saturated rings. The monoisotopic (exact) mass is 1000 g/mol. The maximum Gasteiger partial charge on any atom is 0.305 e. The summed E-state index contributed by atoms with van der Waals surface area (Å²) in [6, 6.07) is -0.540. The molecule has 0 bridgehead atoms. The van der Waals surface area contributed by atoms with Crippen molar-refractivity contribution >= 4 is 11.9 Å². The Labute approximate surface area is 443 Å². The second-order valence-corrected chi connectivity index (χ2v) is 22.1. The van der Waals surface area contributed by atoms with Crippen LogP contribution in [0.15, 0.2) is 24.3 Å². The highest BCUT2D eigenvalue weighted by atomic mass is 16.5. The number of aliphatic hydroxyl groups excluding tert-OH is 2. The Kier molecular flexibility index (Phi) is 59.5. The van der Waals surface area contributed by atoms with E-state index < -0.39 is 12.1 Å². The molecule has 0 aliphatic heterocycles. The van der Waals surface area contributed by atoms with Crippen LogP contribution in [0.25, 0.3) is 0 Å². The van der Waals surface area contributed by atoms with Crippen molar-refractivity contribution in [2.45, 2.75) is 366 Å². The van der Waals surface area contributed by atoms with E-state index in [1.54, 1.807) is 0 Å². The van der Waals surface area contributed by atoms with Crippen LogP contribution in [0.2, 0.25) is 0 Å². The van der Waals surface area contributed by atoms with Crippen LogP contribution in [-0.4, -0.2) is 47.4 Å². The van der Waals surface area contributed by atoms with E-state index in [0.717, 1.165) is 51.4 Å². The Morgan fingerprint density at radius 1 is 0.394 bits per heavy atom. The molecular formula is C65H125NO5. The standard InChI is InChI=1S/C65H125NO5/c1-3-5-7-9-11-13-15-17-19-27-31-35-39-43-47-51-55-59-65(70)71-60-56-52-48-44-40-36-32-29-26-24-22-20-21-23-25-28-30-34-38-42-46-50-54-58-64(69)66-62(61-67)63(68)57-53-49-45-41-37-33-18-16-14-12-10-8-6-4-2/h11,13,17,19,62-63,67-68H,3-10,12,14-16,18,20-61H2,1-2H3,(H,66,69)/b13-11-,19-17-. The summed E-state index contributed by atoms with van der Waals surface area (Å²) in [7, 11) is 0. The van der Waals surface area contributed by atoms with E-state index in [-0.39, 0.29) is 18.5 Å². The zero-order valence-electron chi connectivity index (χ0n) is 48.0. The van der Waals surface area contributed by atoms with E-state index in [2.05, 4.69) is 43.5 Å². The molecule has 0 radical (unpaired) electrons. The third-order valence-corrected chi connectivity index (χ3v) is 15.0. The first-order valence-corrected chi connectivity index (χ1v) is 32.1. The molecule has 2 unspecified atom stereocenters. The predicted molar refractivity (Wildman–Crippen MR) is 310 cm³/mol. The van der Waals surface area contributed by atoms with Gasteiger partial charge in [0.2, 0.25) is 5.91 Å². The lowest BCUT2D eigenvalue weighted by Crippen LogP contribution is -2.45. The van der Waals surface area contributed by atoms with Gasteiger partial charge in [0.05, 0.1) is 25.4 Å². The van der Waals surface area contributed by atoms with Crippen LogP contribution in [0.1, 0.15) is 354 Å². The summed E-state index contributed by atoms with van der Waals surface area (Å²) in [5.41, 5.74) is 0. The smallest absolute Gasteiger partial charge is 0.305 e. The number of hydrogen-bond acceptors (Lipinski definition) is 5. The molecule has 6 nitrogen and oxygen atoms in total. The molecule has 0 saturated heterocycles. The van der Waals surface area contributed by atoms with E-state index in [0.29, 0.717) is 25.9 Å². The fourth-order valence-corrected chi connectivity index (χ4v) is 10.1. The summed E-state index contributed by atoms with van der Waals surface area (Å²) in [5, 5.41) is 23.3. The summed E-state index contributed by atoms with van der Waals surface area (Å²) < 4.78 is 5.49. The molecule has 0 aromatic rings. The van der Waals surface area contributed by atoms with Gasteiger partial charge in [0.25, 0.3) is 0 Å². The van der Waals surface area contributed by atoms with E-state index in [1.807, 2.05) is 0 Å². The third kappa shape index (κ3) is 57.5. The zero-order chi connectivity index (χ0) is 51.4. The van der Waals surface area contributed by atoms with Gasteiger partial charge >= 0.3 is 5.97 Å². The summed E-state index contributed by atoms with van der Waals surface area (Å²) in [6.45, 7) is 4.95. The molecule has 3 N–H and O–H groups in total. The van der Waals surface area contributed by atoms with Crippen molar-refractivity contribution in [3.05, 3.63) is 24.3 Å². The summed E-state index contributed by atoms with van der Waals surface area (Å²) in [6.07, 6.45) is 74.8. The number of amides is 1. The highest BCUT2D eigenvalue weighted by Gasteiger charge is 2.20. The summed E-state index contributed by atoms with van der Waals surface area (Å²) in [4.78, 5) is 24.6. The Hall–Kier alpha value is -1.66. The van der Waals surface area contributed by atoms with Gasteiger partial charge in [-0.3, -0.25) is 9.59 Å². The van der Waals surface area contributed by atoms with Crippen LogP contribution in [0.3, 0.4) is 0 Å². The number of esters is 1. The Morgan fingerprint density at radius 3 is 1.10 bits per heavy atom. The largest absolute Gasteiger partial charge is 0.466 e. The second-order valence-electron chi connectivity index (χ2n) is 22.1. The number of unbranched alkanes of at least 4 members (excludes halogenated alkanes) is 45. The van der Waals surface area contributed by atoms with Gasteiger partial charge in [0.1, 0.15) is 0 Å². The molecule has 0 aliphatic carbocycles. The van der Waals surface area contributed by atoms with Gasteiger partial charge in [0.15, 0.2) is 0 Å².